The van der Waals surface area contributed by atoms with Crippen LogP contribution in [0.3, 0.4) is 0 Å². The van der Waals surface area contributed by atoms with Gasteiger partial charge in [-0.05, 0) is 62.6 Å². The van der Waals surface area contributed by atoms with Crippen LogP contribution in [0, 0.1) is 11.8 Å². The second-order valence-corrected chi connectivity index (χ2v) is 14.1. The predicted molar refractivity (Wildman–Crippen MR) is 192 cm³/mol. The van der Waals surface area contributed by atoms with Crippen molar-refractivity contribution in [2.24, 2.45) is 17.6 Å². The maximum atomic E-state index is 14.1. The first-order valence-electron chi connectivity index (χ1n) is 17.0. The summed E-state index contributed by atoms with van der Waals surface area (Å²) in [5.41, 5.74) is 7.12. The summed E-state index contributed by atoms with van der Waals surface area (Å²) in [6, 6.07) is 24.1. The zero-order valence-corrected chi connectivity index (χ0v) is 29.5. The number of alkyl carbamates (subject to hydrolysis) is 1. The molecule has 4 amide bonds. The molecule has 3 aromatic rings. The lowest BCUT2D eigenvalue weighted by molar-refractivity contribution is -0.137. The van der Waals surface area contributed by atoms with Crippen LogP contribution in [0.2, 0.25) is 0 Å². The van der Waals surface area contributed by atoms with Crippen molar-refractivity contribution in [3.63, 3.8) is 0 Å². The Morgan fingerprint density at radius 1 is 0.660 bits per heavy atom. The molecule has 0 saturated heterocycles. The quantitative estimate of drug-likeness (QED) is 0.126. The van der Waals surface area contributed by atoms with Crippen molar-refractivity contribution >= 4 is 23.8 Å². The molecule has 11 nitrogen and oxygen atoms in total. The van der Waals surface area contributed by atoms with E-state index in [-0.39, 0.29) is 31.6 Å². The van der Waals surface area contributed by atoms with Crippen LogP contribution in [0.5, 0.6) is 0 Å². The van der Waals surface area contributed by atoms with Crippen molar-refractivity contribution in [3.8, 4) is 0 Å². The van der Waals surface area contributed by atoms with E-state index in [1.54, 1.807) is 45.0 Å². The average Bonchev–Trinajstić information content (AvgIpc) is 3.06. The van der Waals surface area contributed by atoms with Crippen molar-refractivity contribution in [2.75, 3.05) is 0 Å². The van der Waals surface area contributed by atoms with E-state index in [0.29, 0.717) is 5.56 Å². The van der Waals surface area contributed by atoms with Gasteiger partial charge in [0.15, 0.2) is 0 Å². The van der Waals surface area contributed by atoms with E-state index in [2.05, 4.69) is 16.0 Å². The zero-order chi connectivity index (χ0) is 36.8. The van der Waals surface area contributed by atoms with Crippen molar-refractivity contribution < 1.29 is 34.1 Å². The fourth-order valence-corrected chi connectivity index (χ4v) is 5.62. The Morgan fingerprint density at radius 2 is 1.12 bits per heavy atom. The molecule has 11 heteroatoms. The van der Waals surface area contributed by atoms with E-state index in [9.17, 15) is 29.4 Å². The number of carbonyl (C=O) groups excluding carboxylic acids is 4. The van der Waals surface area contributed by atoms with E-state index < -0.39 is 65.7 Å². The van der Waals surface area contributed by atoms with Crippen LogP contribution in [-0.4, -0.2) is 70.0 Å². The van der Waals surface area contributed by atoms with Gasteiger partial charge >= 0.3 is 6.09 Å². The van der Waals surface area contributed by atoms with E-state index in [0.717, 1.165) is 11.1 Å². The number of carbonyl (C=O) groups is 4. The first kappa shape index (κ1) is 39.7. The molecular formula is C39H52N4O7. The molecule has 0 aromatic heterocycles. The number of aliphatic hydroxyl groups excluding tert-OH is 2. The summed E-state index contributed by atoms with van der Waals surface area (Å²) in [6.07, 6.45) is -3.55. The molecule has 50 heavy (non-hydrogen) atoms. The maximum Gasteiger partial charge on any atom is 0.407 e. The van der Waals surface area contributed by atoms with Gasteiger partial charge in [0.1, 0.15) is 23.8 Å². The highest BCUT2D eigenvalue weighted by atomic mass is 16.6. The minimum absolute atomic E-state index is 0.0172. The Hall–Kier alpha value is -4.74. The van der Waals surface area contributed by atoms with Crippen molar-refractivity contribution in [3.05, 3.63) is 108 Å². The van der Waals surface area contributed by atoms with Crippen LogP contribution < -0.4 is 21.7 Å². The summed E-state index contributed by atoms with van der Waals surface area (Å²) >= 11 is 0. The SMILES string of the molecule is CC(C)C[C@H](NC(=O)[C@H](Cc1ccccc1)[C@H](O)[C@H](O)[C@H](Cc1ccccc1)NC(=O)OC(C)(C)C)C(=O)N[C@@H](Cc1ccccc1)C(N)=O. The molecule has 0 aliphatic heterocycles. The Labute approximate surface area is 295 Å². The molecule has 0 saturated carbocycles. The average molecular weight is 689 g/mol. The highest BCUT2D eigenvalue weighted by Gasteiger charge is 2.39. The summed E-state index contributed by atoms with van der Waals surface area (Å²) in [4.78, 5) is 53.0. The Kier molecular flexibility index (Phi) is 15.0. The summed E-state index contributed by atoms with van der Waals surface area (Å²) in [7, 11) is 0. The number of primary amides is 1. The summed E-state index contributed by atoms with van der Waals surface area (Å²) in [6.45, 7) is 8.90. The van der Waals surface area contributed by atoms with Gasteiger partial charge < -0.3 is 36.6 Å². The molecule has 0 heterocycles. The molecule has 0 aliphatic rings. The zero-order valence-electron chi connectivity index (χ0n) is 29.5. The second-order valence-electron chi connectivity index (χ2n) is 14.1. The lowest BCUT2D eigenvalue weighted by Crippen LogP contribution is -2.58. The first-order chi connectivity index (χ1) is 23.6. The molecule has 7 N–H and O–H groups in total. The highest BCUT2D eigenvalue weighted by molar-refractivity contribution is 5.92. The van der Waals surface area contributed by atoms with Crippen LogP contribution in [0.1, 0.15) is 57.7 Å². The Balaban J connectivity index is 1.90. The van der Waals surface area contributed by atoms with Crippen LogP contribution in [0.15, 0.2) is 91.0 Å². The summed E-state index contributed by atoms with van der Waals surface area (Å²) in [5, 5.41) is 31.6. The van der Waals surface area contributed by atoms with E-state index in [4.69, 9.17) is 10.5 Å². The lowest BCUT2D eigenvalue weighted by atomic mass is 9.85. The third-order valence-electron chi connectivity index (χ3n) is 8.09. The van der Waals surface area contributed by atoms with Crippen LogP contribution >= 0.6 is 0 Å². The van der Waals surface area contributed by atoms with Gasteiger partial charge in [-0.1, -0.05) is 105 Å². The number of hydrogen-bond donors (Lipinski definition) is 6. The van der Waals surface area contributed by atoms with E-state index >= 15 is 0 Å². The lowest BCUT2D eigenvalue weighted by Gasteiger charge is -2.33. The number of benzene rings is 3. The topological polar surface area (TPSA) is 180 Å². The van der Waals surface area contributed by atoms with Crippen molar-refractivity contribution in [1.29, 1.82) is 0 Å². The Bertz CT molecular complexity index is 1510. The molecular weight excluding hydrogens is 636 g/mol. The van der Waals surface area contributed by atoms with Gasteiger partial charge in [-0.15, -0.1) is 0 Å². The molecule has 0 spiro atoms. The van der Waals surface area contributed by atoms with Gasteiger partial charge in [0.05, 0.1) is 18.1 Å². The normalized spacial score (nSPS) is 15.1. The number of aliphatic hydroxyl groups is 2. The van der Waals surface area contributed by atoms with Gasteiger partial charge in [0, 0.05) is 6.42 Å². The molecule has 0 aliphatic carbocycles. The fourth-order valence-electron chi connectivity index (χ4n) is 5.62. The number of amides is 4. The number of rotatable bonds is 17. The van der Waals surface area contributed by atoms with Crippen LogP contribution in [-0.2, 0) is 38.4 Å². The van der Waals surface area contributed by atoms with Gasteiger partial charge in [-0.3, -0.25) is 14.4 Å². The monoisotopic (exact) mass is 688 g/mol. The third kappa shape index (κ3) is 13.3. The molecule has 0 fully saturated rings. The molecule has 0 radical (unpaired) electrons. The van der Waals surface area contributed by atoms with Gasteiger partial charge in [0.2, 0.25) is 17.7 Å². The third-order valence-corrected chi connectivity index (χ3v) is 8.09. The molecule has 0 bridgehead atoms. The Morgan fingerprint density at radius 3 is 1.58 bits per heavy atom. The van der Waals surface area contributed by atoms with Gasteiger partial charge in [0.25, 0.3) is 0 Å². The number of nitrogens with one attached hydrogen (secondary N) is 3. The molecule has 0 unspecified atom stereocenters. The minimum Gasteiger partial charge on any atom is -0.444 e. The summed E-state index contributed by atoms with van der Waals surface area (Å²) in [5.74, 6) is -3.29. The standard InChI is InChI=1S/C39H52N4O7/c1-25(2)21-32(37(48)41-31(35(40)46)24-28-19-13-8-14-20-28)42-36(47)29(22-26-15-9-6-10-16-26)33(44)34(45)30(23-27-17-11-7-12-18-27)43-38(49)50-39(3,4)5/h6-20,25,29-34,44-45H,21-24H2,1-5H3,(H2,40,46)(H,41,48)(H,42,47)(H,43,49)/t29-,30+,31+,32+,33+,34-/m1/s1. The number of hydrogen-bond acceptors (Lipinski definition) is 7. The molecule has 270 valence electrons. The molecule has 6 atom stereocenters. The van der Waals surface area contributed by atoms with E-state index in [1.807, 2.05) is 80.6 Å². The smallest absolute Gasteiger partial charge is 0.407 e. The van der Waals surface area contributed by atoms with Gasteiger partial charge in [-0.25, -0.2) is 4.79 Å². The maximum absolute atomic E-state index is 14.1. The molecule has 3 aromatic carbocycles. The summed E-state index contributed by atoms with van der Waals surface area (Å²) < 4.78 is 5.44. The van der Waals surface area contributed by atoms with Gasteiger partial charge in [-0.2, -0.15) is 0 Å². The van der Waals surface area contributed by atoms with Crippen molar-refractivity contribution in [2.45, 2.75) is 96.2 Å². The number of nitrogens with two attached hydrogens (primary N) is 1. The van der Waals surface area contributed by atoms with E-state index in [1.165, 1.54) is 0 Å². The first-order valence-corrected chi connectivity index (χ1v) is 17.0. The second kappa shape index (κ2) is 18.9. The van der Waals surface area contributed by atoms with Crippen molar-refractivity contribution in [1.82, 2.24) is 16.0 Å². The largest absolute Gasteiger partial charge is 0.444 e. The minimum atomic E-state index is -1.68. The number of ether oxygens (including phenoxy) is 1. The van der Waals surface area contributed by atoms with Crippen LogP contribution in [0.25, 0.3) is 0 Å². The predicted octanol–water partition coefficient (Wildman–Crippen LogP) is 3.45. The highest BCUT2D eigenvalue weighted by Crippen LogP contribution is 2.21. The fraction of sp³-hybridized carbons (Fsp3) is 0.436. The van der Waals surface area contributed by atoms with Crippen LogP contribution in [0.4, 0.5) is 4.79 Å². The molecule has 3 rings (SSSR count).